The van der Waals surface area contributed by atoms with Gasteiger partial charge in [0, 0.05) is 24.5 Å². The van der Waals surface area contributed by atoms with E-state index in [9.17, 15) is 14.7 Å². The number of unbranched alkanes of at least 4 members (excludes halogenated alkanes) is 1. The molecule has 1 aliphatic carbocycles. The first kappa shape index (κ1) is 20.3. The van der Waals surface area contributed by atoms with Gasteiger partial charge in [-0.05, 0) is 55.9 Å². The zero-order chi connectivity index (χ0) is 18.5. The second kappa shape index (κ2) is 7.90. The topological polar surface area (TPSA) is 94.8 Å². The Labute approximate surface area is 143 Å². The predicted molar refractivity (Wildman–Crippen MR) is 92.5 cm³/mol. The van der Waals surface area contributed by atoms with Crippen molar-refractivity contribution in [2.45, 2.75) is 59.0 Å². The summed E-state index contributed by atoms with van der Waals surface area (Å²) in [6.45, 7) is 7.15. The van der Waals surface area contributed by atoms with Gasteiger partial charge in [0.25, 0.3) is 0 Å². The van der Waals surface area contributed by atoms with E-state index in [4.69, 9.17) is 10.2 Å². The molecule has 0 aromatic carbocycles. The molecule has 5 heteroatoms. The van der Waals surface area contributed by atoms with Crippen LogP contribution in [0.1, 0.15) is 53.4 Å². The standard InChI is InChI=1S/C19H28O5/c1-13(11-17(22)23)8-9-19(24)14(2)15(7-5-6-10-20)16(21)12-18(19,3)4/h8-9,11,20,24H,5-7,10,12H2,1-4H3,(H,22,23)/t19-/m1/s1. The van der Waals surface area contributed by atoms with Crippen molar-refractivity contribution in [3.63, 3.8) is 0 Å². The molecule has 0 unspecified atom stereocenters. The van der Waals surface area contributed by atoms with E-state index in [1.807, 2.05) is 13.8 Å². The Bertz CT molecular complexity index is 595. The van der Waals surface area contributed by atoms with Gasteiger partial charge >= 0.3 is 5.97 Å². The highest BCUT2D eigenvalue weighted by molar-refractivity contribution is 5.98. The van der Waals surface area contributed by atoms with Crippen LogP contribution in [0.5, 0.6) is 0 Å². The van der Waals surface area contributed by atoms with E-state index in [1.54, 1.807) is 26.0 Å². The third kappa shape index (κ3) is 4.42. The van der Waals surface area contributed by atoms with Crippen LogP contribution in [0.15, 0.2) is 34.9 Å². The second-order valence-electron chi connectivity index (χ2n) is 7.09. The number of aliphatic hydroxyl groups is 2. The SMILES string of the molecule is CC(C=C[C@@]1(O)C(C)=C(CCCCO)C(=O)CC1(C)C)=CC(=O)O. The number of ketones is 1. The molecule has 0 saturated carbocycles. The lowest BCUT2D eigenvalue weighted by Gasteiger charge is -2.46. The number of carbonyl (C=O) groups excluding carboxylic acids is 1. The van der Waals surface area contributed by atoms with Crippen LogP contribution in [0, 0.1) is 5.41 Å². The van der Waals surface area contributed by atoms with Crippen molar-refractivity contribution in [3.8, 4) is 0 Å². The minimum absolute atomic E-state index is 0.0336. The number of rotatable bonds is 7. The summed E-state index contributed by atoms with van der Waals surface area (Å²) in [4.78, 5) is 23.2. The van der Waals surface area contributed by atoms with E-state index < -0.39 is 17.0 Å². The summed E-state index contributed by atoms with van der Waals surface area (Å²) in [5, 5.41) is 29.0. The molecule has 0 saturated heterocycles. The molecule has 1 aliphatic rings. The zero-order valence-corrected chi connectivity index (χ0v) is 14.9. The molecule has 0 heterocycles. The quantitative estimate of drug-likeness (QED) is 0.377. The Balaban J connectivity index is 3.25. The fraction of sp³-hybridized carbons (Fsp3) is 0.579. The maximum atomic E-state index is 12.4. The van der Waals surface area contributed by atoms with E-state index in [0.29, 0.717) is 36.0 Å². The van der Waals surface area contributed by atoms with Crippen molar-refractivity contribution in [2.75, 3.05) is 6.61 Å². The summed E-state index contributed by atoms with van der Waals surface area (Å²) >= 11 is 0. The lowest BCUT2D eigenvalue weighted by molar-refractivity contribution is -0.131. The zero-order valence-electron chi connectivity index (χ0n) is 14.9. The van der Waals surface area contributed by atoms with Crippen molar-refractivity contribution in [1.82, 2.24) is 0 Å². The van der Waals surface area contributed by atoms with Gasteiger partial charge in [0.15, 0.2) is 5.78 Å². The molecule has 0 amide bonds. The summed E-state index contributed by atoms with van der Waals surface area (Å²) in [5.74, 6) is -1.01. The van der Waals surface area contributed by atoms with Gasteiger partial charge in [-0.2, -0.15) is 0 Å². The van der Waals surface area contributed by atoms with Gasteiger partial charge in [0.05, 0.1) is 0 Å². The molecule has 0 fully saturated rings. The minimum Gasteiger partial charge on any atom is -0.478 e. The monoisotopic (exact) mass is 336 g/mol. The van der Waals surface area contributed by atoms with Gasteiger partial charge in [0.2, 0.25) is 0 Å². The fourth-order valence-corrected chi connectivity index (χ4v) is 3.18. The third-order valence-corrected chi connectivity index (χ3v) is 4.77. The van der Waals surface area contributed by atoms with Gasteiger partial charge in [-0.25, -0.2) is 4.79 Å². The average Bonchev–Trinajstić information content (AvgIpc) is 2.46. The van der Waals surface area contributed by atoms with Gasteiger partial charge in [0.1, 0.15) is 5.60 Å². The molecule has 3 N–H and O–H groups in total. The van der Waals surface area contributed by atoms with Gasteiger partial charge in [-0.1, -0.05) is 19.9 Å². The Kier molecular flexibility index (Phi) is 6.69. The molecule has 0 aliphatic heterocycles. The summed E-state index contributed by atoms with van der Waals surface area (Å²) in [5.41, 5.74) is -0.258. The molecule has 1 atom stereocenters. The number of hydrogen-bond donors (Lipinski definition) is 3. The molecule has 5 nitrogen and oxygen atoms in total. The van der Waals surface area contributed by atoms with E-state index in [1.165, 1.54) is 0 Å². The van der Waals surface area contributed by atoms with Crippen molar-refractivity contribution in [1.29, 1.82) is 0 Å². The first-order valence-corrected chi connectivity index (χ1v) is 8.22. The van der Waals surface area contributed by atoms with Crippen LogP contribution in [-0.2, 0) is 9.59 Å². The van der Waals surface area contributed by atoms with Crippen LogP contribution < -0.4 is 0 Å². The van der Waals surface area contributed by atoms with Crippen LogP contribution in [0.25, 0.3) is 0 Å². The molecule has 0 aromatic rings. The van der Waals surface area contributed by atoms with Gasteiger partial charge < -0.3 is 15.3 Å². The Morgan fingerprint density at radius 1 is 1.29 bits per heavy atom. The minimum atomic E-state index is -1.32. The smallest absolute Gasteiger partial charge is 0.328 e. The van der Waals surface area contributed by atoms with Crippen LogP contribution in [0.2, 0.25) is 0 Å². The molecular formula is C19H28O5. The third-order valence-electron chi connectivity index (χ3n) is 4.77. The number of aliphatic carboxylic acids is 1. The fourth-order valence-electron chi connectivity index (χ4n) is 3.18. The average molecular weight is 336 g/mol. The number of carboxylic acids is 1. The Morgan fingerprint density at radius 2 is 1.92 bits per heavy atom. The van der Waals surface area contributed by atoms with E-state index in [2.05, 4.69) is 0 Å². The van der Waals surface area contributed by atoms with E-state index in [-0.39, 0.29) is 18.8 Å². The molecule has 24 heavy (non-hydrogen) atoms. The maximum Gasteiger partial charge on any atom is 0.328 e. The van der Waals surface area contributed by atoms with Crippen LogP contribution in [0.3, 0.4) is 0 Å². The van der Waals surface area contributed by atoms with Crippen LogP contribution in [-0.4, -0.2) is 39.3 Å². The molecule has 134 valence electrons. The van der Waals surface area contributed by atoms with Crippen molar-refractivity contribution in [3.05, 3.63) is 34.9 Å². The first-order valence-electron chi connectivity index (χ1n) is 8.22. The van der Waals surface area contributed by atoms with Crippen molar-refractivity contribution < 1.29 is 24.9 Å². The highest BCUT2D eigenvalue weighted by Crippen LogP contribution is 2.47. The Hall–Kier alpha value is -1.72. The molecule has 1 rings (SSSR count). The number of hydrogen-bond acceptors (Lipinski definition) is 4. The number of carbonyl (C=O) groups is 2. The van der Waals surface area contributed by atoms with Gasteiger partial charge in [-0.15, -0.1) is 0 Å². The van der Waals surface area contributed by atoms with E-state index >= 15 is 0 Å². The highest BCUT2D eigenvalue weighted by Gasteiger charge is 2.49. The second-order valence-corrected chi connectivity index (χ2v) is 7.09. The molecule has 0 spiro atoms. The first-order chi connectivity index (χ1) is 11.0. The van der Waals surface area contributed by atoms with Crippen LogP contribution >= 0.6 is 0 Å². The number of aliphatic hydroxyl groups excluding tert-OH is 1. The molecule has 0 aromatic heterocycles. The molecular weight excluding hydrogens is 308 g/mol. The Morgan fingerprint density at radius 3 is 2.46 bits per heavy atom. The maximum absolute atomic E-state index is 12.4. The lowest BCUT2D eigenvalue weighted by Crippen LogP contribution is -2.49. The summed E-state index contributed by atoms with van der Waals surface area (Å²) in [6, 6.07) is 0. The van der Waals surface area contributed by atoms with Crippen molar-refractivity contribution >= 4 is 11.8 Å². The molecule has 0 radical (unpaired) electrons. The van der Waals surface area contributed by atoms with E-state index in [0.717, 1.165) is 6.08 Å². The van der Waals surface area contributed by atoms with Crippen molar-refractivity contribution in [2.24, 2.45) is 5.41 Å². The number of allylic oxidation sites excluding steroid dienone is 3. The number of carboxylic acid groups (broad SMARTS) is 1. The summed E-state index contributed by atoms with van der Waals surface area (Å²) in [6.07, 6.45) is 6.30. The molecule has 0 bridgehead atoms. The summed E-state index contributed by atoms with van der Waals surface area (Å²) < 4.78 is 0. The predicted octanol–water partition coefficient (Wildman–Crippen LogP) is 2.78. The normalized spacial score (nSPS) is 24.8. The van der Waals surface area contributed by atoms with Gasteiger partial charge in [-0.3, -0.25) is 4.79 Å². The summed E-state index contributed by atoms with van der Waals surface area (Å²) in [7, 11) is 0. The largest absolute Gasteiger partial charge is 0.478 e. The lowest BCUT2D eigenvalue weighted by atomic mass is 9.62. The highest BCUT2D eigenvalue weighted by atomic mass is 16.4. The van der Waals surface area contributed by atoms with Crippen LogP contribution in [0.4, 0.5) is 0 Å². The number of Topliss-reactive ketones (excluding diaryl/α,β-unsaturated/α-hetero) is 1.